The summed E-state index contributed by atoms with van der Waals surface area (Å²) in [5.41, 5.74) is -0.293. The molecule has 22 heavy (non-hydrogen) atoms. The summed E-state index contributed by atoms with van der Waals surface area (Å²) in [7, 11) is 0. The highest BCUT2D eigenvalue weighted by atomic mass is 16.6. The lowest BCUT2D eigenvalue weighted by Gasteiger charge is -2.29. The Bertz CT molecular complexity index is 377. The van der Waals surface area contributed by atoms with Crippen molar-refractivity contribution in [3.8, 4) is 0 Å². The topological polar surface area (TPSA) is 72.8 Å². The van der Waals surface area contributed by atoms with Crippen LogP contribution in [0.3, 0.4) is 0 Å². The molecule has 0 saturated heterocycles. The Morgan fingerprint density at radius 2 is 1.86 bits per heavy atom. The zero-order chi connectivity index (χ0) is 17.2. The number of ether oxygens (including phenoxy) is 2. The summed E-state index contributed by atoms with van der Waals surface area (Å²) in [6.07, 6.45) is 3.47. The molecule has 0 saturated carbocycles. The van der Waals surface area contributed by atoms with Crippen LogP contribution in [0, 0.1) is 5.41 Å². The standard InChI is InChI=1S/C17H30O5/c1-6-8-10-17(5,9-7-2)16(20)22-14(11-18)12-21-15(19)13(3)4/h14,18H,3,6-12H2,1-2,4-5H3. The number of aliphatic hydroxyl groups is 1. The Labute approximate surface area is 133 Å². The minimum absolute atomic E-state index is 0.163. The van der Waals surface area contributed by atoms with Gasteiger partial charge in [-0.05, 0) is 26.7 Å². The molecule has 0 fully saturated rings. The van der Waals surface area contributed by atoms with E-state index in [-0.39, 0.29) is 24.8 Å². The highest BCUT2D eigenvalue weighted by Crippen LogP contribution is 2.31. The van der Waals surface area contributed by atoms with Crippen LogP contribution >= 0.6 is 0 Å². The van der Waals surface area contributed by atoms with E-state index < -0.39 is 17.5 Å². The summed E-state index contributed by atoms with van der Waals surface area (Å²) in [5, 5.41) is 9.31. The van der Waals surface area contributed by atoms with Gasteiger partial charge in [0.1, 0.15) is 6.61 Å². The Balaban J connectivity index is 4.65. The maximum absolute atomic E-state index is 12.4. The van der Waals surface area contributed by atoms with Gasteiger partial charge >= 0.3 is 11.9 Å². The fourth-order valence-electron chi connectivity index (χ4n) is 2.16. The average Bonchev–Trinajstić information content (AvgIpc) is 2.48. The molecule has 0 spiro atoms. The van der Waals surface area contributed by atoms with Gasteiger partial charge in [-0.3, -0.25) is 4.79 Å². The molecular weight excluding hydrogens is 284 g/mol. The van der Waals surface area contributed by atoms with Crippen LogP contribution in [0.4, 0.5) is 0 Å². The number of hydrogen-bond acceptors (Lipinski definition) is 5. The van der Waals surface area contributed by atoms with E-state index in [1.807, 2.05) is 13.8 Å². The minimum atomic E-state index is -0.839. The Morgan fingerprint density at radius 3 is 2.32 bits per heavy atom. The lowest BCUT2D eigenvalue weighted by atomic mass is 9.81. The molecule has 0 aromatic heterocycles. The fourth-order valence-corrected chi connectivity index (χ4v) is 2.16. The molecule has 0 radical (unpaired) electrons. The van der Waals surface area contributed by atoms with Crippen LogP contribution < -0.4 is 0 Å². The maximum atomic E-state index is 12.4. The van der Waals surface area contributed by atoms with E-state index in [1.54, 1.807) is 0 Å². The van der Waals surface area contributed by atoms with Gasteiger partial charge in [-0.2, -0.15) is 0 Å². The third-order valence-corrected chi connectivity index (χ3v) is 3.60. The molecule has 128 valence electrons. The predicted molar refractivity (Wildman–Crippen MR) is 85.3 cm³/mol. The summed E-state index contributed by atoms with van der Waals surface area (Å²) in [6, 6.07) is 0. The summed E-state index contributed by atoms with van der Waals surface area (Å²) < 4.78 is 10.3. The van der Waals surface area contributed by atoms with E-state index in [0.717, 1.165) is 32.1 Å². The van der Waals surface area contributed by atoms with Crippen molar-refractivity contribution in [2.45, 2.75) is 65.9 Å². The van der Waals surface area contributed by atoms with Crippen molar-refractivity contribution >= 4 is 11.9 Å². The van der Waals surface area contributed by atoms with Gasteiger partial charge in [0.25, 0.3) is 0 Å². The largest absolute Gasteiger partial charge is 0.458 e. The van der Waals surface area contributed by atoms with Crippen molar-refractivity contribution < 1.29 is 24.2 Å². The normalized spacial score (nSPS) is 14.8. The Hall–Kier alpha value is -1.36. The predicted octanol–water partition coefficient (Wildman–Crippen LogP) is 3.01. The molecule has 0 aromatic rings. The molecule has 0 aromatic carbocycles. The van der Waals surface area contributed by atoms with Gasteiger partial charge < -0.3 is 14.6 Å². The molecule has 5 heteroatoms. The fraction of sp³-hybridized carbons (Fsp3) is 0.765. The molecule has 1 N–H and O–H groups in total. The van der Waals surface area contributed by atoms with Gasteiger partial charge in [-0.15, -0.1) is 0 Å². The monoisotopic (exact) mass is 314 g/mol. The number of aliphatic hydroxyl groups excluding tert-OH is 1. The highest BCUT2D eigenvalue weighted by molar-refractivity contribution is 5.86. The summed E-state index contributed by atoms with van der Waals surface area (Å²) in [4.78, 5) is 23.8. The summed E-state index contributed by atoms with van der Waals surface area (Å²) in [5.74, 6) is -0.898. The molecule has 2 atom stereocenters. The molecule has 0 aliphatic heterocycles. The van der Waals surface area contributed by atoms with Gasteiger partial charge in [0.05, 0.1) is 12.0 Å². The van der Waals surface area contributed by atoms with E-state index in [9.17, 15) is 14.7 Å². The highest BCUT2D eigenvalue weighted by Gasteiger charge is 2.35. The first-order chi connectivity index (χ1) is 10.3. The minimum Gasteiger partial charge on any atom is -0.458 e. The van der Waals surface area contributed by atoms with Gasteiger partial charge in [0, 0.05) is 5.57 Å². The SMILES string of the molecule is C=C(C)C(=O)OCC(CO)OC(=O)C(C)(CCC)CCCC. The molecule has 2 unspecified atom stereocenters. The maximum Gasteiger partial charge on any atom is 0.333 e. The second-order valence-corrected chi connectivity index (χ2v) is 6.00. The van der Waals surface area contributed by atoms with Crippen molar-refractivity contribution in [2.75, 3.05) is 13.2 Å². The number of esters is 2. The van der Waals surface area contributed by atoms with Gasteiger partial charge in [-0.1, -0.05) is 39.7 Å². The third-order valence-electron chi connectivity index (χ3n) is 3.60. The van der Waals surface area contributed by atoms with Crippen LogP contribution in [-0.2, 0) is 19.1 Å². The number of carbonyl (C=O) groups excluding carboxylic acids is 2. The molecule has 0 aliphatic carbocycles. The number of carbonyl (C=O) groups is 2. The first-order valence-corrected chi connectivity index (χ1v) is 7.95. The van der Waals surface area contributed by atoms with E-state index in [0.29, 0.717) is 0 Å². The molecule has 0 amide bonds. The van der Waals surface area contributed by atoms with Crippen molar-refractivity contribution in [1.82, 2.24) is 0 Å². The van der Waals surface area contributed by atoms with E-state index in [1.165, 1.54) is 6.92 Å². The second-order valence-electron chi connectivity index (χ2n) is 6.00. The zero-order valence-electron chi connectivity index (χ0n) is 14.3. The number of unbranched alkanes of at least 4 members (excludes halogenated alkanes) is 1. The van der Waals surface area contributed by atoms with Crippen molar-refractivity contribution in [3.05, 3.63) is 12.2 Å². The van der Waals surface area contributed by atoms with Crippen LogP contribution in [0.5, 0.6) is 0 Å². The van der Waals surface area contributed by atoms with Crippen LogP contribution in [0.2, 0.25) is 0 Å². The van der Waals surface area contributed by atoms with Crippen molar-refractivity contribution in [2.24, 2.45) is 5.41 Å². The first-order valence-electron chi connectivity index (χ1n) is 7.95. The molecular formula is C17H30O5. The van der Waals surface area contributed by atoms with Crippen molar-refractivity contribution in [3.63, 3.8) is 0 Å². The van der Waals surface area contributed by atoms with Crippen LogP contribution in [0.15, 0.2) is 12.2 Å². The third kappa shape index (κ3) is 7.07. The molecule has 0 bridgehead atoms. The quantitative estimate of drug-likeness (QED) is 0.469. The number of hydrogen-bond donors (Lipinski definition) is 1. The van der Waals surface area contributed by atoms with Gasteiger partial charge in [0.2, 0.25) is 0 Å². The smallest absolute Gasteiger partial charge is 0.333 e. The number of rotatable bonds is 11. The van der Waals surface area contributed by atoms with E-state index in [2.05, 4.69) is 13.5 Å². The summed E-state index contributed by atoms with van der Waals surface area (Å²) >= 11 is 0. The van der Waals surface area contributed by atoms with E-state index >= 15 is 0 Å². The van der Waals surface area contributed by atoms with Crippen LogP contribution in [0.25, 0.3) is 0 Å². The summed E-state index contributed by atoms with van der Waals surface area (Å²) in [6.45, 7) is 10.4. The Morgan fingerprint density at radius 1 is 1.23 bits per heavy atom. The Kier molecular flexibility index (Phi) is 9.74. The van der Waals surface area contributed by atoms with Crippen molar-refractivity contribution in [1.29, 1.82) is 0 Å². The first kappa shape index (κ1) is 20.6. The lowest BCUT2D eigenvalue weighted by Crippen LogP contribution is -2.36. The van der Waals surface area contributed by atoms with Crippen LogP contribution in [-0.4, -0.2) is 36.4 Å². The van der Waals surface area contributed by atoms with E-state index in [4.69, 9.17) is 9.47 Å². The zero-order valence-corrected chi connectivity index (χ0v) is 14.3. The average molecular weight is 314 g/mol. The molecule has 5 nitrogen and oxygen atoms in total. The molecule has 0 aliphatic rings. The molecule has 0 heterocycles. The van der Waals surface area contributed by atoms with Crippen LogP contribution in [0.1, 0.15) is 59.8 Å². The van der Waals surface area contributed by atoms with Gasteiger partial charge in [-0.25, -0.2) is 4.79 Å². The lowest BCUT2D eigenvalue weighted by molar-refractivity contribution is -0.169. The second kappa shape index (κ2) is 10.4. The van der Waals surface area contributed by atoms with Gasteiger partial charge in [0.15, 0.2) is 6.10 Å². The molecule has 0 rings (SSSR count).